The molecule has 1 aromatic rings. The number of nitrogens with zero attached hydrogens (tertiary/aromatic N) is 2. The van der Waals surface area contributed by atoms with E-state index in [1.807, 2.05) is 0 Å². The van der Waals surface area contributed by atoms with E-state index in [2.05, 4.69) is 20.8 Å². The maximum absolute atomic E-state index is 12.3. The van der Waals surface area contributed by atoms with Crippen LogP contribution in [-0.2, 0) is 9.47 Å². The molecule has 0 spiro atoms. The third kappa shape index (κ3) is 4.67. The van der Waals surface area contributed by atoms with Crippen LogP contribution in [-0.4, -0.2) is 48.6 Å². The fraction of sp³-hybridized carbons (Fsp3) is 0.812. The van der Waals surface area contributed by atoms with E-state index in [9.17, 15) is 4.79 Å². The second kappa shape index (κ2) is 8.43. The lowest BCUT2D eigenvalue weighted by molar-refractivity contribution is 0.0181. The van der Waals surface area contributed by atoms with Crippen molar-refractivity contribution >= 4 is 6.03 Å². The van der Waals surface area contributed by atoms with Gasteiger partial charge in [0.05, 0.1) is 6.10 Å². The third-order valence-electron chi connectivity index (χ3n) is 4.60. The van der Waals surface area contributed by atoms with Crippen LogP contribution in [0.5, 0.6) is 0 Å². The van der Waals surface area contributed by atoms with Gasteiger partial charge in [0.15, 0.2) is 5.82 Å². The molecule has 0 saturated carbocycles. The lowest BCUT2D eigenvalue weighted by Crippen LogP contribution is -2.45. The standard InChI is InChI=1S/C16H26N4O4/c1-11-18-15(24-20-11)14(12-5-8-22-9-6-12)19-16(21)17-10-13-4-2-3-7-23-13/h12-14H,2-10H2,1H3,(H2,17,19,21)/t13-,14+/m1/s1. The van der Waals surface area contributed by atoms with Crippen LogP contribution < -0.4 is 10.6 Å². The molecule has 0 bridgehead atoms. The summed E-state index contributed by atoms with van der Waals surface area (Å²) in [6.07, 6.45) is 5.07. The first-order valence-electron chi connectivity index (χ1n) is 8.76. The molecule has 24 heavy (non-hydrogen) atoms. The number of urea groups is 1. The summed E-state index contributed by atoms with van der Waals surface area (Å²) in [6, 6.07) is -0.515. The summed E-state index contributed by atoms with van der Waals surface area (Å²) in [5.74, 6) is 1.26. The molecule has 2 N–H and O–H groups in total. The van der Waals surface area contributed by atoms with Crippen LogP contribution >= 0.6 is 0 Å². The molecule has 2 amide bonds. The normalized spacial score (nSPS) is 23.6. The highest BCUT2D eigenvalue weighted by molar-refractivity contribution is 5.74. The lowest BCUT2D eigenvalue weighted by Gasteiger charge is -2.29. The molecule has 0 radical (unpaired) electrons. The van der Waals surface area contributed by atoms with Gasteiger partial charge in [0.1, 0.15) is 6.04 Å². The number of ether oxygens (including phenoxy) is 2. The molecule has 3 heterocycles. The zero-order valence-electron chi connectivity index (χ0n) is 14.1. The summed E-state index contributed by atoms with van der Waals surface area (Å²) in [7, 11) is 0. The van der Waals surface area contributed by atoms with Gasteiger partial charge in [-0.05, 0) is 44.9 Å². The fourth-order valence-electron chi connectivity index (χ4n) is 3.24. The van der Waals surface area contributed by atoms with Gasteiger partial charge in [-0.1, -0.05) is 5.16 Å². The first-order valence-corrected chi connectivity index (χ1v) is 8.76. The fourth-order valence-corrected chi connectivity index (χ4v) is 3.24. The molecule has 8 nitrogen and oxygen atoms in total. The first-order chi connectivity index (χ1) is 11.7. The maximum Gasteiger partial charge on any atom is 0.315 e. The van der Waals surface area contributed by atoms with Gasteiger partial charge in [0.2, 0.25) is 5.89 Å². The molecule has 1 aromatic heterocycles. The number of nitrogens with one attached hydrogen (secondary N) is 2. The maximum atomic E-state index is 12.3. The van der Waals surface area contributed by atoms with Crippen LogP contribution in [0.2, 0.25) is 0 Å². The van der Waals surface area contributed by atoms with Gasteiger partial charge in [0, 0.05) is 26.4 Å². The summed E-state index contributed by atoms with van der Waals surface area (Å²) in [6.45, 7) is 4.45. The lowest BCUT2D eigenvalue weighted by atomic mass is 9.91. The van der Waals surface area contributed by atoms with E-state index in [0.717, 1.165) is 38.7 Å². The van der Waals surface area contributed by atoms with Crippen molar-refractivity contribution in [2.45, 2.75) is 51.2 Å². The van der Waals surface area contributed by atoms with E-state index in [1.54, 1.807) is 6.92 Å². The minimum absolute atomic E-state index is 0.108. The van der Waals surface area contributed by atoms with Crippen LogP contribution in [0.1, 0.15) is 49.9 Å². The van der Waals surface area contributed by atoms with Crippen LogP contribution in [0, 0.1) is 12.8 Å². The van der Waals surface area contributed by atoms with Crippen molar-refractivity contribution in [1.29, 1.82) is 0 Å². The van der Waals surface area contributed by atoms with Crippen molar-refractivity contribution < 1.29 is 18.8 Å². The molecule has 2 aliphatic heterocycles. The molecule has 2 aliphatic rings. The predicted octanol–water partition coefficient (Wildman–Crippen LogP) is 1.71. The highest BCUT2D eigenvalue weighted by atomic mass is 16.5. The van der Waals surface area contributed by atoms with Crippen molar-refractivity contribution in [2.24, 2.45) is 5.92 Å². The zero-order chi connectivity index (χ0) is 16.8. The predicted molar refractivity (Wildman–Crippen MR) is 85.4 cm³/mol. The highest BCUT2D eigenvalue weighted by Gasteiger charge is 2.31. The number of aromatic nitrogens is 2. The second-order valence-electron chi connectivity index (χ2n) is 6.45. The zero-order valence-corrected chi connectivity index (χ0v) is 14.1. The van der Waals surface area contributed by atoms with Crippen LogP contribution in [0.3, 0.4) is 0 Å². The van der Waals surface area contributed by atoms with Crippen molar-refractivity contribution in [3.8, 4) is 0 Å². The average Bonchev–Trinajstić information content (AvgIpc) is 3.05. The molecule has 0 aromatic carbocycles. The van der Waals surface area contributed by atoms with Crippen molar-refractivity contribution in [3.05, 3.63) is 11.7 Å². The minimum Gasteiger partial charge on any atom is -0.381 e. The van der Waals surface area contributed by atoms with E-state index < -0.39 is 0 Å². The number of aryl methyl sites for hydroxylation is 1. The van der Waals surface area contributed by atoms with Crippen LogP contribution in [0.15, 0.2) is 4.52 Å². The Morgan fingerprint density at radius 3 is 2.75 bits per heavy atom. The Hall–Kier alpha value is -1.67. The van der Waals surface area contributed by atoms with Crippen molar-refractivity contribution in [1.82, 2.24) is 20.8 Å². The highest BCUT2D eigenvalue weighted by Crippen LogP contribution is 2.29. The van der Waals surface area contributed by atoms with Gasteiger partial charge < -0.3 is 24.6 Å². The smallest absolute Gasteiger partial charge is 0.315 e. The summed E-state index contributed by atoms with van der Waals surface area (Å²) in [5, 5.41) is 9.75. The van der Waals surface area contributed by atoms with E-state index in [1.165, 1.54) is 0 Å². The van der Waals surface area contributed by atoms with Gasteiger partial charge >= 0.3 is 6.03 Å². The molecule has 2 atom stereocenters. The molecule has 2 saturated heterocycles. The van der Waals surface area contributed by atoms with E-state index in [-0.39, 0.29) is 24.1 Å². The second-order valence-corrected chi connectivity index (χ2v) is 6.45. The Morgan fingerprint density at radius 2 is 2.08 bits per heavy atom. The average molecular weight is 338 g/mol. The summed E-state index contributed by atoms with van der Waals surface area (Å²) in [4.78, 5) is 16.6. The molecule has 3 rings (SSSR count). The Balaban J connectivity index is 1.57. The van der Waals surface area contributed by atoms with Crippen LogP contribution in [0.4, 0.5) is 4.79 Å². The molecule has 0 aliphatic carbocycles. The quantitative estimate of drug-likeness (QED) is 0.848. The summed E-state index contributed by atoms with van der Waals surface area (Å²) < 4.78 is 16.4. The van der Waals surface area contributed by atoms with Crippen molar-refractivity contribution in [2.75, 3.05) is 26.4 Å². The number of hydrogen-bond donors (Lipinski definition) is 2. The molecule has 134 valence electrons. The number of carbonyl (C=O) groups excluding carboxylic acids is 1. The van der Waals surface area contributed by atoms with Gasteiger partial charge in [-0.2, -0.15) is 4.98 Å². The monoisotopic (exact) mass is 338 g/mol. The Kier molecular flexibility index (Phi) is 6.03. The minimum atomic E-state index is -0.289. The topological polar surface area (TPSA) is 98.5 Å². The third-order valence-corrected chi connectivity index (χ3v) is 4.60. The van der Waals surface area contributed by atoms with Gasteiger partial charge in [-0.3, -0.25) is 0 Å². The molecular formula is C16H26N4O4. The summed E-state index contributed by atoms with van der Waals surface area (Å²) in [5.41, 5.74) is 0. The van der Waals surface area contributed by atoms with Gasteiger partial charge in [-0.15, -0.1) is 0 Å². The van der Waals surface area contributed by atoms with Crippen LogP contribution in [0.25, 0.3) is 0 Å². The largest absolute Gasteiger partial charge is 0.381 e. The number of amides is 2. The van der Waals surface area contributed by atoms with E-state index in [4.69, 9.17) is 14.0 Å². The van der Waals surface area contributed by atoms with E-state index >= 15 is 0 Å². The number of carbonyl (C=O) groups is 1. The van der Waals surface area contributed by atoms with Gasteiger partial charge in [-0.25, -0.2) is 4.79 Å². The molecular weight excluding hydrogens is 312 g/mol. The first kappa shape index (κ1) is 17.2. The van der Waals surface area contributed by atoms with E-state index in [0.29, 0.717) is 31.5 Å². The summed E-state index contributed by atoms with van der Waals surface area (Å²) >= 11 is 0. The Labute approximate surface area is 141 Å². The van der Waals surface area contributed by atoms with Crippen molar-refractivity contribution in [3.63, 3.8) is 0 Å². The number of rotatable bonds is 5. The Morgan fingerprint density at radius 1 is 1.25 bits per heavy atom. The van der Waals surface area contributed by atoms with Gasteiger partial charge in [0.25, 0.3) is 0 Å². The Bertz CT molecular complexity index is 524. The molecule has 0 unspecified atom stereocenters. The molecule has 2 fully saturated rings. The SMILES string of the molecule is Cc1noc([C@@H](NC(=O)NC[C@H]2CCCCO2)C2CCOCC2)n1. The number of hydrogen-bond acceptors (Lipinski definition) is 6. The molecule has 8 heteroatoms.